The molecule has 42 heavy (non-hydrogen) atoms. The molecule has 18 nitrogen and oxygen atoms in total. The van der Waals surface area contributed by atoms with Crippen LogP contribution in [0.5, 0.6) is 0 Å². The molecule has 8 N–H and O–H groups in total. The summed E-state index contributed by atoms with van der Waals surface area (Å²) in [6.07, 6.45) is -6.77. The van der Waals surface area contributed by atoms with Gasteiger partial charge in [-0.05, 0) is 11.8 Å². The maximum absolute atomic E-state index is 15.8. The summed E-state index contributed by atoms with van der Waals surface area (Å²) in [4.78, 5) is 45.3. The Kier molecular flexibility index (Phi) is 7.19. The molecule has 0 aliphatic carbocycles. The number of aliphatic hydroxyl groups is 2. The van der Waals surface area contributed by atoms with Gasteiger partial charge in [0.1, 0.15) is 30.2 Å². The zero-order valence-electron chi connectivity index (χ0n) is 21.1. The van der Waals surface area contributed by atoms with Crippen molar-refractivity contribution in [2.24, 2.45) is 0 Å². The Labute approximate surface area is 237 Å². The highest BCUT2D eigenvalue weighted by Crippen LogP contribution is 2.54. The largest absolute Gasteiger partial charge is 0.394 e. The minimum Gasteiger partial charge on any atom is -0.394 e. The smallest absolute Gasteiger partial charge is 0.326 e. The van der Waals surface area contributed by atoms with Gasteiger partial charge in [-0.1, -0.05) is 0 Å². The van der Waals surface area contributed by atoms with Crippen molar-refractivity contribution in [3.05, 3.63) is 29.3 Å². The Balaban J connectivity index is 1.25. The molecule has 8 atom stereocenters. The van der Waals surface area contributed by atoms with Gasteiger partial charge in [-0.2, -0.15) is 4.98 Å². The molecule has 6 rings (SSSR count). The molecule has 0 amide bonds. The highest BCUT2D eigenvalue weighted by atomic mass is 32.5. The number of halogens is 2. The van der Waals surface area contributed by atoms with Crippen LogP contribution in [0.15, 0.2) is 23.8 Å². The van der Waals surface area contributed by atoms with Crippen LogP contribution in [-0.4, -0.2) is 105 Å². The molecular weight excluding hydrogens is 609 g/mol. The van der Waals surface area contributed by atoms with E-state index in [2.05, 4.69) is 29.9 Å². The van der Waals surface area contributed by atoms with Crippen LogP contribution in [0.1, 0.15) is 6.23 Å². The second-order valence-electron chi connectivity index (χ2n) is 9.46. The average Bonchev–Trinajstić information content (AvgIpc) is 3.70. The van der Waals surface area contributed by atoms with Gasteiger partial charge in [0, 0.05) is 0 Å². The molecule has 4 aromatic rings. The second kappa shape index (κ2) is 10.5. The maximum atomic E-state index is 15.8. The number of nitrogens with one attached hydrogen (secondary N) is 1. The van der Waals surface area contributed by atoms with E-state index in [1.165, 1.54) is 10.9 Å². The molecule has 0 aromatic carbocycles. The summed E-state index contributed by atoms with van der Waals surface area (Å²) >= 11 is 5.13. The normalized spacial score (nSPS) is 31.3. The lowest BCUT2D eigenvalue weighted by Gasteiger charge is -2.34. The number of hydrogen-bond acceptors (Lipinski definition) is 15. The molecule has 2 aliphatic rings. The fourth-order valence-electron chi connectivity index (χ4n) is 4.87. The van der Waals surface area contributed by atoms with E-state index in [4.69, 9.17) is 41.8 Å². The monoisotopic (exact) mass is 632 g/mol. The summed E-state index contributed by atoms with van der Waals surface area (Å²) in [7, 11) is 0. The summed E-state index contributed by atoms with van der Waals surface area (Å²) < 4.78 is 55.1. The number of rotatable bonds is 8. The van der Waals surface area contributed by atoms with Gasteiger partial charge >= 0.3 is 6.72 Å². The summed E-state index contributed by atoms with van der Waals surface area (Å²) in [5.41, 5.74) is 8.24. The van der Waals surface area contributed by atoms with Crippen molar-refractivity contribution in [1.82, 2.24) is 39.0 Å². The van der Waals surface area contributed by atoms with Crippen LogP contribution in [0.25, 0.3) is 22.3 Å². The molecule has 0 bridgehead atoms. The summed E-state index contributed by atoms with van der Waals surface area (Å²) in [5, 5.41) is 20.1. The predicted octanol–water partition coefficient (Wildman–Crippen LogP) is -1.65. The van der Waals surface area contributed by atoms with Crippen molar-refractivity contribution in [2.45, 2.75) is 42.6 Å². The fraction of sp³-hybridized carbons (Fsp3) is 0.500. The van der Waals surface area contributed by atoms with Crippen molar-refractivity contribution < 1.29 is 42.4 Å². The van der Waals surface area contributed by atoms with Crippen molar-refractivity contribution in [1.29, 1.82) is 0 Å². The lowest BCUT2D eigenvalue weighted by Crippen LogP contribution is -2.46. The van der Waals surface area contributed by atoms with Crippen molar-refractivity contribution in [3.63, 3.8) is 0 Å². The standard InChI is InChI=1S/C20H23F2N10O8PS/c21-9-12(34)8(39-18(9)31-5-27-10-14(23)25-4-26-15(10)31)2-38-41(36,42)40-20(3-37-7(1-33)13(20)22)32-6-28-11-16(32)29-19(24)30-17(11)35/h4-9,12-13,18,33-34H,1-3H2,(H,36,42)(H2,23,25,26)(H3,24,29,30,35)/t7-,8-,9-,12-,13-,18-,20-,41?/m1/s1. The predicted molar refractivity (Wildman–Crippen MR) is 140 cm³/mol. The van der Waals surface area contributed by atoms with Gasteiger partial charge in [0.25, 0.3) is 5.56 Å². The zero-order chi connectivity index (χ0) is 30.0. The lowest BCUT2D eigenvalue weighted by atomic mass is 10.1. The Bertz CT molecular complexity index is 1760. The fourth-order valence-corrected chi connectivity index (χ4v) is 6.47. The number of nitrogens with zero attached hydrogens (tertiary/aromatic N) is 7. The van der Waals surface area contributed by atoms with Crippen molar-refractivity contribution >= 4 is 52.6 Å². The van der Waals surface area contributed by atoms with Crippen LogP contribution in [-0.2, 0) is 36.1 Å². The average molecular weight is 633 g/mol. The number of nitrogens with two attached hydrogens (primary N) is 2. The van der Waals surface area contributed by atoms with E-state index in [9.17, 15) is 19.9 Å². The molecule has 2 saturated heterocycles. The van der Waals surface area contributed by atoms with E-state index < -0.39 is 74.7 Å². The number of nitrogen functional groups attached to an aromatic ring is 2. The van der Waals surface area contributed by atoms with Crippen LogP contribution < -0.4 is 17.0 Å². The molecule has 1 unspecified atom stereocenters. The zero-order valence-corrected chi connectivity index (χ0v) is 22.8. The number of aromatic nitrogens is 8. The summed E-state index contributed by atoms with van der Waals surface area (Å²) in [5.74, 6) is -0.266. The molecular formula is C20H23F2N10O8PS. The highest BCUT2D eigenvalue weighted by molar-refractivity contribution is 8.07. The topological polar surface area (TPSA) is 257 Å². The number of anilines is 2. The SMILES string of the molecule is Nc1nc2c(ncn2[C@@]2(OP(O)(=S)OC[C@H]3O[C@@H](n4cnc5c(N)ncnc54)[C@H](F)[C@@H]3O)CO[C@H](CO)[C@H]2F)c(=O)[nH]1. The quantitative estimate of drug-likeness (QED) is 0.119. The minimum atomic E-state index is -4.48. The second-order valence-corrected chi connectivity index (χ2v) is 12.2. The van der Waals surface area contributed by atoms with Gasteiger partial charge in [0.15, 0.2) is 41.2 Å². The Morgan fingerprint density at radius 3 is 2.69 bits per heavy atom. The number of fused-ring (bicyclic) bond motifs is 2. The third-order valence-corrected chi connectivity index (χ3v) is 8.47. The van der Waals surface area contributed by atoms with Gasteiger partial charge in [0.2, 0.25) is 11.7 Å². The van der Waals surface area contributed by atoms with E-state index in [1.807, 2.05) is 0 Å². The first-order valence-electron chi connectivity index (χ1n) is 12.1. The minimum absolute atomic E-state index is 0.0540. The number of aliphatic hydroxyl groups excluding tert-OH is 2. The number of H-pyrrole nitrogens is 1. The molecule has 2 aliphatic heterocycles. The van der Waals surface area contributed by atoms with Gasteiger partial charge in [-0.3, -0.25) is 23.4 Å². The molecule has 0 saturated carbocycles. The molecule has 6 heterocycles. The maximum Gasteiger partial charge on any atom is 0.326 e. The number of imidazole rings is 2. The number of ether oxygens (including phenoxy) is 2. The first-order chi connectivity index (χ1) is 20.0. The third kappa shape index (κ3) is 4.62. The van der Waals surface area contributed by atoms with Crippen LogP contribution in [0.2, 0.25) is 0 Å². The molecule has 4 aromatic heterocycles. The van der Waals surface area contributed by atoms with Gasteiger partial charge < -0.3 is 40.6 Å². The van der Waals surface area contributed by atoms with E-state index in [-0.39, 0.29) is 34.1 Å². The molecule has 22 heteroatoms. The van der Waals surface area contributed by atoms with Crippen LogP contribution >= 0.6 is 6.72 Å². The van der Waals surface area contributed by atoms with Crippen molar-refractivity contribution in [3.8, 4) is 0 Å². The Morgan fingerprint density at radius 1 is 1.19 bits per heavy atom. The Morgan fingerprint density at radius 2 is 1.95 bits per heavy atom. The van der Waals surface area contributed by atoms with Gasteiger partial charge in [-0.25, -0.2) is 28.7 Å². The Hall–Kier alpha value is -3.27. The van der Waals surface area contributed by atoms with Crippen molar-refractivity contribution in [2.75, 3.05) is 31.3 Å². The summed E-state index contributed by atoms with van der Waals surface area (Å²) in [6, 6.07) is 0. The molecule has 2 fully saturated rings. The van der Waals surface area contributed by atoms with Gasteiger partial charge in [-0.15, -0.1) is 0 Å². The highest BCUT2D eigenvalue weighted by Gasteiger charge is 2.57. The van der Waals surface area contributed by atoms with Crippen LogP contribution in [0.3, 0.4) is 0 Å². The molecule has 0 spiro atoms. The molecule has 226 valence electrons. The van der Waals surface area contributed by atoms with Gasteiger partial charge in [0.05, 0.1) is 32.5 Å². The summed E-state index contributed by atoms with van der Waals surface area (Å²) in [6.45, 7) is -6.57. The van der Waals surface area contributed by atoms with E-state index in [1.54, 1.807) is 0 Å². The number of aromatic amines is 1. The van der Waals surface area contributed by atoms with Crippen LogP contribution in [0, 0.1) is 0 Å². The van der Waals surface area contributed by atoms with E-state index in [0.717, 1.165) is 17.2 Å². The first-order valence-corrected chi connectivity index (χ1v) is 14.7. The number of alkyl halides is 2. The third-order valence-electron chi connectivity index (χ3n) is 6.91. The van der Waals surface area contributed by atoms with E-state index >= 15 is 8.78 Å². The van der Waals surface area contributed by atoms with Crippen LogP contribution in [0.4, 0.5) is 20.5 Å². The first kappa shape index (κ1) is 28.8. The van der Waals surface area contributed by atoms with E-state index in [0.29, 0.717) is 0 Å². The lowest BCUT2D eigenvalue weighted by molar-refractivity contribution is -0.0778. The molecule has 0 radical (unpaired) electrons. The number of hydrogen-bond donors (Lipinski definition) is 6.